The van der Waals surface area contributed by atoms with E-state index in [0.717, 1.165) is 84.9 Å². The SMILES string of the molecule is c1cc2c3cc1COCc1ccc4c(n1)c1nc5ccc1n4-c1ccc(cc1)OCCCOc1ccc(cc1)-n2c1ccc(cc31)COC5. The van der Waals surface area contributed by atoms with E-state index in [0.29, 0.717) is 39.6 Å². The molecule has 4 aromatic carbocycles. The molecule has 0 radical (unpaired) electrons. The number of hydrogen-bond donors (Lipinski definition) is 0. The van der Waals surface area contributed by atoms with Crippen LogP contribution in [-0.4, -0.2) is 32.3 Å². The van der Waals surface area contributed by atoms with Crippen LogP contribution in [0.1, 0.15) is 28.9 Å². The number of hydrogen-bond acceptors (Lipinski definition) is 6. The fraction of sp³-hybridized carbons (Fsp3) is 0.171. The molecule has 0 fully saturated rings. The molecule has 0 unspecified atom stereocenters. The van der Waals surface area contributed by atoms with Crippen molar-refractivity contribution in [1.82, 2.24) is 19.1 Å². The molecule has 49 heavy (non-hydrogen) atoms. The third-order valence-electron chi connectivity index (χ3n) is 9.52. The number of benzene rings is 4. The van der Waals surface area contributed by atoms with Crippen molar-refractivity contribution in [2.45, 2.75) is 32.8 Å². The number of rotatable bonds is 0. The first-order valence-corrected chi connectivity index (χ1v) is 16.7. The minimum atomic E-state index is 0.385. The first kappa shape index (κ1) is 28.3. The fourth-order valence-corrected chi connectivity index (χ4v) is 7.21. The van der Waals surface area contributed by atoms with Crippen LogP contribution in [0.4, 0.5) is 0 Å². The molecular weight excluding hydrogens is 612 g/mol. The first-order chi connectivity index (χ1) is 24.2. The Balaban J connectivity index is 1.16. The molecule has 17 heterocycles. The van der Waals surface area contributed by atoms with Crippen molar-refractivity contribution in [1.29, 1.82) is 0 Å². The van der Waals surface area contributed by atoms with Gasteiger partial charge in [0.1, 0.15) is 22.5 Å². The van der Waals surface area contributed by atoms with Crippen LogP contribution in [0.25, 0.3) is 55.2 Å². The Morgan fingerprint density at radius 2 is 0.898 bits per heavy atom. The maximum atomic E-state index is 6.31. The second-order valence-electron chi connectivity index (χ2n) is 12.7. The van der Waals surface area contributed by atoms with Crippen LogP contribution in [0.5, 0.6) is 11.5 Å². The van der Waals surface area contributed by atoms with E-state index in [1.165, 1.54) is 10.8 Å². The normalized spacial score (nSPS) is 14.9. The van der Waals surface area contributed by atoms with Crippen molar-refractivity contribution in [3.8, 4) is 22.9 Å². The van der Waals surface area contributed by atoms with E-state index >= 15 is 0 Å². The second-order valence-corrected chi connectivity index (χ2v) is 12.7. The molecule has 21 rings (SSSR count). The van der Waals surface area contributed by atoms with E-state index in [1.807, 2.05) is 36.4 Å². The van der Waals surface area contributed by atoms with Crippen molar-refractivity contribution in [2.75, 3.05) is 13.2 Å². The van der Waals surface area contributed by atoms with Crippen molar-refractivity contribution >= 4 is 43.9 Å². The predicted octanol–water partition coefficient (Wildman–Crippen LogP) is 8.58. The van der Waals surface area contributed by atoms with Crippen LogP contribution in [0, 0.1) is 0 Å². The molecule has 0 N–H and O–H groups in total. The third-order valence-corrected chi connectivity index (χ3v) is 9.52. The minimum absolute atomic E-state index is 0.385. The molecule has 0 saturated heterocycles. The van der Waals surface area contributed by atoms with E-state index in [4.69, 9.17) is 28.9 Å². The highest BCUT2D eigenvalue weighted by molar-refractivity contribution is 6.10. The lowest BCUT2D eigenvalue weighted by molar-refractivity contribution is 0.105. The summed E-state index contributed by atoms with van der Waals surface area (Å²) in [6.45, 7) is 2.83. The molecule has 240 valence electrons. The largest absolute Gasteiger partial charge is 0.493 e. The van der Waals surface area contributed by atoms with Gasteiger partial charge in [0.25, 0.3) is 0 Å². The lowest BCUT2D eigenvalue weighted by atomic mass is 10.1. The van der Waals surface area contributed by atoms with E-state index in [-0.39, 0.29) is 0 Å². The number of nitrogens with zero attached hydrogens (tertiary/aromatic N) is 4. The summed E-state index contributed by atoms with van der Waals surface area (Å²) in [7, 11) is 0. The first-order valence-electron chi connectivity index (χ1n) is 16.7. The summed E-state index contributed by atoms with van der Waals surface area (Å²) in [6.07, 6.45) is 0.767. The molecule has 18 bridgehead atoms. The van der Waals surface area contributed by atoms with Crippen LogP contribution >= 0.6 is 0 Å². The van der Waals surface area contributed by atoms with Gasteiger partial charge in [0.15, 0.2) is 0 Å². The number of aromatic nitrogens is 4. The summed E-state index contributed by atoms with van der Waals surface area (Å²) in [5.41, 5.74) is 11.9. The summed E-state index contributed by atoms with van der Waals surface area (Å²) < 4.78 is 29.3. The van der Waals surface area contributed by atoms with Crippen molar-refractivity contribution < 1.29 is 18.9 Å². The van der Waals surface area contributed by atoms with Gasteiger partial charge < -0.3 is 28.1 Å². The molecule has 13 aliphatic rings. The van der Waals surface area contributed by atoms with Crippen molar-refractivity contribution in [2.24, 2.45) is 0 Å². The van der Waals surface area contributed by atoms with E-state index in [2.05, 4.69) is 81.9 Å². The molecule has 8 heteroatoms. The Morgan fingerprint density at radius 1 is 0.449 bits per heavy atom. The van der Waals surface area contributed by atoms with Crippen LogP contribution in [-0.2, 0) is 35.9 Å². The quantitative estimate of drug-likeness (QED) is 0.165. The molecule has 0 amide bonds. The summed E-state index contributed by atoms with van der Waals surface area (Å²) >= 11 is 0. The highest BCUT2D eigenvalue weighted by Crippen LogP contribution is 2.35. The molecule has 8 nitrogen and oxygen atoms in total. The molecule has 4 aromatic heterocycles. The van der Waals surface area contributed by atoms with Crippen molar-refractivity contribution in [3.63, 3.8) is 0 Å². The monoisotopic (exact) mass is 644 g/mol. The lowest BCUT2D eigenvalue weighted by Gasteiger charge is -2.12. The van der Waals surface area contributed by atoms with Gasteiger partial charge in [-0.05, 0) is 108 Å². The van der Waals surface area contributed by atoms with Gasteiger partial charge in [0.2, 0.25) is 0 Å². The second kappa shape index (κ2) is 11.5. The molecule has 8 aromatic rings. The Bertz CT molecular complexity index is 2230. The van der Waals surface area contributed by atoms with Gasteiger partial charge in [-0.2, -0.15) is 0 Å². The molecule has 0 saturated carbocycles. The van der Waals surface area contributed by atoms with Crippen LogP contribution < -0.4 is 9.47 Å². The van der Waals surface area contributed by atoms with Crippen LogP contribution in [0.2, 0.25) is 0 Å². The highest BCUT2D eigenvalue weighted by atomic mass is 16.5. The van der Waals surface area contributed by atoms with Gasteiger partial charge in [-0.15, -0.1) is 0 Å². The van der Waals surface area contributed by atoms with Gasteiger partial charge in [-0.25, -0.2) is 9.97 Å². The topological polar surface area (TPSA) is 72.6 Å². The Hall–Kier alpha value is -5.70. The predicted molar refractivity (Wildman–Crippen MR) is 190 cm³/mol. The molecule has 0 spiro atoms. The third kappa shape index (κ3) is 4.91. The maximum Gasteiger partial charge on any atom is 0.119 e. The van der Waals surface area contributed by atoms with Gasteiger partial charge in [0, 0.05) is 28.6 Å². The fourth-order valence-electron chi connectivity index (χ4n) is 7.21. The minimum Gasteiger partial charge on any atom is -0.493 e. The zero-order valence-corrected chi connectivity index (χ0v) is 26.8. The van der Waals surface area contributed by atoms with Gasteiger partial charge in [0.05, 0.1) is 73.1 Å². The number of pyridine rings is 2. The summed E-state index contributed by atoms with van der Waals surface area (Å²) in [5, 5.41) is 2.34. The van der Waals surface area contributed by atoms with Gasteiger partial charge in [-0.3, -0.25) is 0 Å². The summed E-state index contributed by atoms with van der Waals surface area (Å²) in [4.78, 5) is 10.2. The molecule has 13 aliphatic heterocycles. The molecule has 0 aliphatic carbocycles. The Morgan fingerprint density at radius 3 is 1.39 bits per heavy atom. The zero-order valence-electron chi connectivity index (χ0n) is 26.8. The number of ether oxygens (including phenoxy) is 4. The zero-order chi connectivity index (χ0) is 32.3. The smallest absolute Gasteiger partial charge is 0.119 e. The standard InChI is InChI=1S/C41H32N4O4/c1-18-48-32-10-6-30(7-11-32)44-36-14-2-26-20-34(36)35-21-27(3-15-37(35)44)23-47-25-29-5-17-39-41(43-29)40-38(16-4-28(42-40)24-46-22-26)45(39)31-8-12-33(13-9-31)49-19-1/h2-17,20-21H,1,18-19,22-25H2. The van der Waals surface area contributed by atoms with Crippen LogP contribution in [0.3, 0.4) is 0 Å². The maximum absolute atomic E-state index is 6.31. The van der Waals surface area contributed by atoms with Crippen molar-refractivity contribution in [3.05, 3.63) is 132 Å². The van der Waals surface area contributed by atoms with E-state index in [9.17, 15) is 0 Å². The average Bonchev–Trinajstić information content (AvgIpc) is 3.63. The average molecular weight is 645 g/mol. The highest BCUT2D eigenvalue weighted by Gasteiger charge is 2.18. The van der Waals surface area contributed by atoms with Crippen LogP contribution in [0.15, 0.2) is 109 Å². The lowest BCUT2D eigenvalue weighted by Crippen LogP contribution is -2.05. The van der Waals surface area contributed by atoms with E-state index < -0.39 is 0 Å². The molecular formula is C41H32N4O4. The Kier molecular flexibility index (Phi) is 6.63. The Labute approximate surface area is 282 Å². The summed E-state index contributed by atoms with van der Waals surface area (Å²) in [5.74, 6) is 1.65. The van der Waals surface area contributed by atoms with E-state index in [1.54, 1.807) is 0 Å². The van der Waals surface area contributed by atoms with Gasteiger partial charge in [-0.1, -0.05) is 12.1 Å². The molecule has 0 atom stereocenters. The summed E-state index contributed by atoms with van der Waals surface area (Å²) in [6, 6.07) is 38.1. The van der Waals surface area contributed by atoms with Gasteiger partial charge >= 0.3 is 0 Å².